The zero-order chi connectivity index (χ0) is 17.0. The van der Waals surface area contributed by atoms with E-state index in [4.69, 9.17) is 0 Å². The van der Waals surface area contributed by atoms with Gasteiger partial charge in [0.15, 0.2) is 0 Å². The van der Waals surface area contributed by atoms with E-state index in [-0.39, 0.29) is 11.4 Å². The van der Waals surface area contributed by atoms with Crippen molar-refractivity contribution in [1.82, 2.24) is 9.62 Å². The van der Waals surface area contributed by atoms with E-state index in [1.807, 2.05) is 0 Å². The van der Waals surface area contributed by atoms with Crippen molar-refractivity contribution in [2.45, 2.75) is 30.7 Å². The predicted octanol–water partition coefficient (Wildman–Crippen LogP) is -0.658. The molecule has 2 atom stereocenters. The number of carbonyl (C=O) groups excluding carboxylic acids is 2. The second-order valence-corrected chi connectivity index (χ2v) is 7.50. The summed E-state index contributed by atoms with van der Waals surface area (Å²) < 4.78 is 26.4. The van der Waals surface area contributed by atoms with Gasteiger partial charge in [-0.3, -0.25) is 4.79 Å². The first kappa shape index (κ1) is 17.4. The van der Waals surface area contributed by atoms with Crippen LogP contribution in [0.2, 0.25) is 0 Å². The molecule has 0 saturated carbocycles. The highest BCUT2D eigenvalue weighted by Gasteiger charge is 2.33. The fourth-order valence-electron chi connectivity index (χ4n) is 2.51. The molecule has 1 heterocycles. The number of carboxylic acid groups (broad SMARTS) is 1. The van der Waals surface area contributed by atoms with E-state index in [9.17, 15) is 23.1 Å². The molecule has 1 N–H and O–H groups in total. The number of sulfonamides is 1. The summed E-state index contributed by atoms with van der Waals surface area (Å²) in [6, 6.07) is 6.93. The summed E-state index contributed by atoms with van der Waals surface area (Å²) >= 11 is 0. The number of amides is 1. The number of aliphatic carboxylic acids is 1. The number of carbonyl (C=O) groups is 2. The second kappa shape index (κ2) is 7.10. The molecule has 0 unspecified atom stereocenters. The summed E-state index contributed by atoms with van der Waals surface area (Å²) in [5.41, 5.74) is 0. The van der Waals surface area contributed by atoms with Gasteiger partial charge in [0, 0.05) is 13.1 Å². The molecule has 0 aliphatic carbocycles. The van der Waals surface area contributed by atoms with Crippen LogP contribution in [0.3, 0.4) is 0 Å². The lowest BCUT2D eigenvalue weighted by atomic mass is 9.98. The molecule has 2 rings (SSSR count). The molecule has 1 amide bonds. The first-order chi connectivity index (χ1) is 10.8. The number of nitrogens with zero attached hydrogens (tertiary/aromatic N) is 1. The van der Waals surface area contributed by atoms with Gasteiger partial charge in [-0.1, -0.05) is 18.2 Å². The van der Waals surface area contributed by atoms with Crippen molar-refractivity contribution in [3.8, 4) is 0 Å². The standard InChI is InChI=1S/C15H20N2O5S/c1-11(15(19)20)16-14(18)12-6-5-9-17(10-12)23(21,22)13-7-3-2-4-8-13/h2-4,7-8,11-12H,5-6,9-10H2,1H3,(H,16,18)(H,19,20)/p-1/t11-,12+/m0/s1. The molecule has 0 spiro atoms. The van der Waals surface area contributed by atoms with Gasteiger partial charge in [-0.15, -0.1) is 0 Å². The van der Waals surface area contributed by atoms with Crippen molar-refractivity contribution in [2.75, 3.05) is 13.1 Å². The predicted molar refractivity (Wildman–Crippen MR) is 80.5 cm³/mol. The number of hydrogen-bond donors (Lipinski definition) is 1. The lowest BCUT2D eigenvalue weighted by Crippen LogP contribution is -2.51. The van der Waals surface area contributed by atoms with E-state index in [1.54, 1.807) is 18.2 Å². The number of benzene rings is 1. The summed E-state index contributed by atoms with van der Waals surface area (Å²) in [4.78, 5) is 23.0. The minimum atomic E-state index is -3.65. The first-order valence-electron chi connectivity index (χ1n) is 7.39. The summed E-state index contributed by atoms with van der Waals surface area (Å²) in [5, 5.41) is 13.0. The maximum atomic E-state index is 12.6. The molecule has 1 aromatic carbocycles. The number of carboxylic acids is 1. The summed E-state index contributed by atoms with van der Waals surface area (Å²) in [7, 11) is -3.65. The number of hydrogen-bond acceptors (Lipinski definition) is 5. The van der Waals surface area contributed by atoms with Crippen LogP contribution in [0.25, 0.3) is 0 Å². The van der Waals surface area contributed by atoms with E-state index >= 15 is 0 Å². The minimum absolute atomic E-state index is 0.0445. The second-order valence-electron chi connectivity index (χ2n) is 5.56. The maximum Gasteiger partial charge on any atom is 0.243 e. The third-order valence-corrected chi connectivity index (χ3v) is 5.73. The number of nitrogens with one attached hydrogen (secondary N) is 1. The molecule has 126 valence electrons. The minimum Gasteiger partial charge on any atom is -0.548 e. The van der Waals surface area contributed by atoms with Gasteiger partial charge in [-0.05, 0) is 31.9 Å². The molecule has 23 heavy (non-hydrogen) atoms. The Morgan fingerprint density at radius 3 is 2.57 bits per heavy atom. The normalized spacial score (nSPS) is 20.7. The van der Waals surface area contributed by atoms with Crippen LogP contribution >= 0.6 is 0 Å². The first-order valence-corrected chi connectivity index (χ1v) is 8.83. The van der Waals surface area contributed by atoms with E-state index in [0.717, 1.165) is 0 Å². The summed E-state index contributed by atoms with van der Waals surface area (Å²) in [6.07, 6.45) is 1.07. The van der Waals surface area contributed by atoms with Crippen LogP contribution in [-0.4, -0.2) is 43.7 Å². The van der Waals surface area contributed by atoms with Crippen LogP contribution in [0.15, 0.2) is 35.2 Å². The molecule has 1 aliphatic rings. The zero-order valence-electron chi connectivity index (χ0n) is 12.8. The van der Waals surface area contributed by atoms with Gasteiger partial charge >= 0.3 is 0 Å². The van der Waals surface area contributed by atoms with Crippen LogP contribution in [0.1, 0.15) is 19.8 Å². The topological polar surface area (TPSA) is 107 Å². The van der Waals surface area contributed by atoms with Crippen molar-refractivity contribution in [3.63, 3.8) is 0 Å². The van der Waals surface area contributed by atoms with Gasteiger partial charge in [-0.25, -0.2) is 8.42 Å². The molecule has 8 heteroatoms. The Labute approximate surface area is 135 Å². The van der Waals surface area contributed by atoms with Gasteiger partial charge in [-0.2, -0.15) is 4.31 Å². The average molecular weight is 339 g/mol. The molecular formula is C15H19N2O5S-. The smallest absolute Gasteiger partial charge is 0.243 e. The van der Waals surface area contributed by atoms with E-state index in [2.05, 4.69) is 5.32 Å². The Hall–Kier alpha value is -1.93. The van der Waals surface area contributed by atoms with E-state index < -0.39 is 33.9 Å². The highest BCUT2D eigenvalue weighted by molar-refractivity contribution is 7.89. The Balaban J connectivity index is 2.09. The monoisotopic (exact) mass is 339 g/mol. The highest BCUT2D eigenvalue weighted by Crippen LogP contribution is 2.23. The molecule has 0 radical (unpaired) electrons. The molecule has 1 saturated heterocycles. The van der Waals surface area contributed by atoms with E-state index in [1.165, 1.54) is 23.4 Å². The van der Waals surface area contributed by atoms with Gasteiger partial charge in [0.2, 0.25) is 15.9 Å². The maximum absolute atomic E-state index is 12.6. The molecule has 0 bridgehead atoms. The SMILES string of the molecule is C[C@H](NC(=O)[C@@H]1CCCN(S(=O)(=O)c2ccccc2)C1)C(=O)[O-]. The molecule has 0 aromatic heterocycles. The summed E-state index contributed by atoms with van der Waals surface area (Å²) in [5.74, 6) is -2.40. The fourth-order valence-corrected chi connectivity index (χ4v) is 4.05. The Kier molecular flexibility index (Phi) is 5.38. The average Bonchev–Trinajstić information content (AvgIpc) is 2.55. The van der Waals surface area contributed by atoms with Gasteiger partial charge in [0.05, 0.1) is 22.8 Å². The number of rotatable bonds is 5. The number of piperidine rings is 1. The van der Waals surface area contributed by atoms with Gasteiger partial charge < -0.3 is 15.2 Å². The van der Waals surface area contributed by atoms with Crippen molar-refractivity contribution < 1.29 is 23.1 Å². The summed E-state index contributed by atoms with van der Waals surface area (Å²) in [6.45, 7) is 1.70. The largest absolute Gasteiger partial charge is 0.548 e. The Morgan fingerprint density at radius 1 is 1.30 bits per heavy atom. The quantitative estimate of drug-likeness (QED) is 0.766. The van der Waals surface area contributed by atoms with E-state index in [0.29, 0.717) is 19.4 Å². The van der Waals surface area contributed by atoms with Crippen molar-refractivity contribution in [1.29, 1.82) is 0 Å². The van der Waals surface area contributed by atoms with Crippen LogP contribution < -0.4 is 10.4 Å². The molecular weight excluding hydrogens is 320 g/mol. The third-order valence-electron chi connectivity index (χ3n) is 3.85. The van der Waals surface area contributed by atoms with Gasteiger partial charge in [0.1, 0.15) is 0 Å². The van der Waals surface area contributed by atoms with Crippen molar-refractivity contribution in [2.24, 2.45) is 5.92 Å². The van der Waals surface area contributed by atoms with Crippen molar-refractivity contribution >= 4 is 21.9 Å². The zero-order valence-corrected chi connectivity index (χ0v) is 13.6. The highest BCUT2D eigenvalue weighted by atomic mass is 32.2. The lowest BCUT2D eigenvalue weighted by Gasteiger charge is -2.32. The molecule has 1 aromatic rings. The Bertz CT molecular complexity index is 674. The van der Waals surface area contributed by atoms with Crippen molar-refractivity contribution in [3.05, 3.63) is 30.3 Å². The molecule has 7 nitrogen and oxygen atoms in total. The van der Waals surface area contributed by atoms with Crippen LogP contribution in [0, 0.1) is 5.92 Å². The lowest BCUT2D eigenvalue weighted by molar-refractivity contribution is -0.307. The van der Waals surface area contributed by atoms with Crippen LogP contribution in [-0.2, 0) is 19.6 Å². The molecule has 1 fully saturated rings. The molecule has 1 aliphatic heterocycles. The fraction of sp³-hybridized carbons (Fsp3) is 0.467. The van der Waals surface area contributed by atoms with Gasteiger partial charge in [0.25, 0.3) is 0 Å². The van der Waals surface area contributed by atoms with Crippen LogP contribution in [0.5, 0.6) is 0 Å². The van der Waals surface area contributed by atoms with Crippen LogP contribution in [0.4, 0.5) is 0 Å². The Morgan fingerprint density at radius 2 is 1.96 bits per heavy atom. The third kappa shape index (κ3) is 4.08.